The molecule has 0 heterocycles. The predicted molar refractivity (Wildman–Crippen MR) is 87.7 cm³/mol. The number of nitrogens with one attached hydrogen (secondary N) is 1. The van der Waals surface area contributed by atoms with Gasteiger partial charge in [-0.25, -0.2) is 4.79 Å². The second-order valence-corrected chi connectivity index (χ2v) is 5.13. The Morgan fingerprint density at radius 1 is 1.00 bits per heavy atom. The molecule has 0 spiro atoms. The van der Waals surface area contributed by atoms with E-state index in [-0.39, 0.29) is 5.91 Å². The summed E-state index contributed by atoms with van der Waals surface area (Å²) < 4.78 is 10.2. The zero-order chi connectivity index (χ0) is 16.8. The molecule has 2 rings (SSSR count). The summed E-state index contributed by atoms with van der Waals surface area (Å²) in [5, 5.41) is 2.71. The van der Waals surface area contributed by atoms with Gasteiger partial charge in [-0.3, -0.25) is 4.79 Å². The van der Waals surface area contributed by atoms with Gasteiger partial charge < -0.3 is 14.8 Å². The van der Waals surface area contributed by atoms with Crippen molar-refractivity contribution in [1.82, 2.24) is 0 Å². The van der Waals surface area contributed by atoms with Crippen LogP contribution in [0, 0.1) is 6.92 Å². The Morgan fingerprint density at radius 3 is 2.17 bits per heavy atom. The summed E-state index contributed by atoms with van der Waals surface area (Å²) >= 11 is 0. The van der Waals surface area contributed by atoms with Gasteiger partial charge in [-0.1, -0.05) is 17.7 Å². The summed E-state index contributed by atoms with van der Waals surface area (Å²) in [6, 6.07) is 13.9. The molecule has 5 nitrogen and oxygen atoms in total. The van der Waals surface area contributed by atoms with Gasteiger partial charge in [0.2, 0.25) is 0 Å². The quantitative estimate of drug-likeness (QED) is 0.861. The van der Waals surface area contributed by atoms with E-state index in [1.54, 1.807) is 43.5 Å². The third kappa shape index (κ3) is 4.57. The molecule has 23 heavy (non-hydrogen) atoms. The number of esters is 1. The number of carbonyl (C=O) groups is 2. The van der Waals surface area contributed by atoms with Crippen LogP contribution in [0.5, 0.6) is 5.75 Å². The smallest absolute Gasteiger partial charge is 0.338 e. The van der Waals surface area contributed by atoms with Gasteiger partial charge in [-0.2, -0.15) is 0 Å². The average molecular weight is 313 g/mol. The van der Waals surface area contributed by atoms with Gasteiger partial charge >= 0.3 is 5.97 Å². The number of ether oxygens (including phenoxy) is 2. The molecule has 0 saturated carbocycles. The van der Waals surface area contributed by atoms with Crippen LogP contribution in [0.15, 0.2) is 48.5 Å². The van der Waals surface area contributed by atoms with E-state index in [0.717, 1.165) is 5.56 Å². The van der Waals surface area contributed by atoms with Crippen LogP contribution in [0.1, 0.15) is 22.8 Å². The Morgan fingerprint density at radius 2 is 1.61 bits per heavy atom. The Kier molecular flexibility index (Phi) is 5.36. The van der Waals surface area contributed by atoms with Crippen LogP contribution in [0.25, 0.3) is 0 Å². The van der Waals surface area contributed by atoms with Crippen molar-refractivity contribution in [3.05, 3.63) is 59.7 Å². The van der Waals surface area contributed by atoms with Crippen LogP contribution < -0.4 is 10.1 Å². The summed E-state index contributed by atoms with van der Waals surface area (Å²) in [6.45, 7) is 3.50. The van der Waals surface area contributed by atoms with Crippen LogP contribution in [0.4, 0.5) is 5.69 Å². The van der Waals surface area contributed by atoms with Crippen LogP contribution in [0.3, 0.4) is 0 Å². The molecule has 0 aromatic heterocycles. The van der Waals surface area contributed by atoms with Gasteiger partial charge in [-0.05, 0) is 50.2 Å². The van der Waals surface area contributed by atoms with Crippen LogP contribution in [-0.2, 0) is 9.53 Å². The van der Waals surface area contributed by atoms with Crippen molar-refractivity contribution in [2.75, 3.05) is 12.4 Å². The second kappa shape index (κ2) is 7.45. The van der Waals surface area contributed by atoms with Crippen molar-refractivity contribution in [1.29, 1.82) is 0 Å². The summed E-state index contributed by atoms with van der Waals surface area (Å²) in [5.74, 6) is -0.290. The van der Waals surface area contributed by atoms with E-state index in [1.165, 1.54) is 6.92 Å². The van der Waals surface area contributed by atoms with E-state index in [4.69, 9.17) is 9.47 Å². The first-order valence-corrected chi connectivity index (χ1v) is 7.22. The topological polar surface area (TPSA) is 64.6 Å². The monoisotopic (exact) mass is 313 g/mol. The highest BCUT2D eigenvalue weighted by molar-refractivity contribution is 5.97. The molecule has 2 aromatic rings. The normalized spacial score (nSPS) is 11.4. The van der Waals surface area contributed by atoms with Crippen LogP contribution in [0.2, 0.25) is 0 Å². The molecule has 0 aliphatic rings. The van der Waals surface area contributed by atoms with E-state index in [0.29, 0.717) is 17.0 Å². The molecule has 0 fully saturated rings. The van der Waals surface area contributed by atoms with E-state index in [9.17, 15) is 9.59 Å². The zero-order valence-corrected chi connectivity index (χ0v) is 13.3. The molecule has 1 amide bonds. The number of benzene rings is 2. The van der Waals surface area contributed by atoms with Crippen molar-refractivity contribution in [3.63, 3.8) is 0 Å². The Hall–Kier alpha value is -2.82. The summed E-state index contributed by atoms with van der Waals surface area (Å²) in [4.78, 5) is 24.1. The lowest BCUT2D eigenvalue weighted by molar-refractivity contribution is -0.123. The maximum Gasteiger partial charge on any atom is 0.338 e. The molecule has 0 aliphatic carbocycles. The minimum absolute atomic E-state index is 0.362. The van der Waals surface area contributed by atoms with E-state index < -0.39 is 12.1 Å². The predicted octanol–water partition coefficient (Wildman–Crippen LogP) is 3.19. The molecule has 0 radical (unpaired) electrons. The fraction of sp³-hybridized carbons (Fsp3) is 0.222. The number of aryl methyl sites for hydroxylation is 1. The number of carbonyl (C=O) groups excluding carboxylic acids is 2. The maximum atomic E-state index is 12.1. The summed E-state index contributed by atoms with van der Waals surface area (Å²) in [6.07, 6.45) is -0.897. The highest BCUT2D eigenvalue weighted by atomic mass is 16.5. The number of hydrogen-bond donors (Lipinski definition) is 1. The molecule has 1 N–H and O–H groups in total. The standard InChI is InChI=1S/C18H19NO4/c1-12-4-8-15(9-5-12)19-17(20)13(2)23-18(21)14-6-10-16(22-3)11-7-14/h4-11,13H,1-3H3,(H,19,20)/t13-/m1/s1. The van der Waals surface area contributed by atoms with Crippen molar-refractivity contribution < 1.29 is 19.1 Å². The number of amides is 1. The lowest BCUT2D eigenvalue weighted by Crippen LogP contribution is -2.30. The van der Waals surface area contributed by atoms with E-state index in [1.807, 2.05) is 19.1 Å². The molecular weight excluding hydrogens is 294 g/mol. The number of methoxy groups -OCH3 is 1. The third-order valence-electron chi connectivity index (χ3n) is 3.30. The first kappa shape index (κ1) is 16.5. The lowest BCUT2D eigenvalue weighted by atomic mass is 10.2. The van der Waals surface area contributed by atoms with Crippen LogP contribution >= 0.6 is 0 Å². The fourth-order valence-electron chi connectivity index (χ4n) is 1.89. The SMILES string of the molecule is COc1ccc(C(=O)O[C@H](C)C(=O)Nc2ccc(C)cc2)cc1. The van der Waals surface area contributed by atoms with Gasteiger partial charge in [-0.15, -0.1) is 0 Å². The molecule has 0 bridgehead atoms. The van der Waals surface area contributed by atoms with Gasteiger partial charge in [0.15, 0.2) is 6.10 Å². The highest BCUT2D eigenvalue weighted by Crippen LogP contribution is 2.14. The largest absolute Gasteiger partial charge is 0.497 e. The van der Waals surface area contributed by atoms with Crippen molar-refractivity contribution in [2.45, 2.75) is 20.0 Å². The molecule has 120 valence electrons. The van der Waals surface area contributed by atoms with Crippen molar-refractivity contribution in [2.24, 2.45) is 0 Å². The Labute approximate surface area is 135 Å². The van der Waals surface area contributed by atoms with Gasteiger partial charge in [0.25, 0.3) is 5.91 Å². The number of hydrogen-bond acceptors (Lipinski definition) is 4. The molecule has 0 aliphatic heterocycles. The highest BCUT2D eigenvalue weighted by Gasteiger charge is 2.19. The lowest BCUT2D eigenvalue weighted by Gasteiger charge is -2.14. The average Bonchev–Trinajstić information content (AvgIpc) is 2.56. The molecule has 0 saturated heterocycles. The van der Waals surface area contributed by atoms with Gasteiger partial charge in [0.05, 0.1) is 12.7 Å². The number of rotatable bonds is 5. The summed E-state index contributed by atoms with van der Waals surface area (Å²) in [5.41, 5.74) is 2.12. The first-order chi connectivity index (χ1) is 11.0. The number of anilines is 1. The van der Waals surface area contributed by atoms with Crippen molar-refractivity contribution >= 4 is 17.6 Å². The van der Waals surface area contributed by atoms with E-state index >= 15 is 0 Å². The first-order valence-electron chi connectivity index (χ1n) is 7.22. The second-order valence-electron chi connectivity index (χ2n) is 5.13. The van der Waals surface area contributed by atoms with Gasteiger partial charge in [0, 0.05) is 5.69 Å². The fourth-order valence-corrected chi connectivity index (χ4v) is 1.89. The van der Waals surface area contributed by atoms with Crippen LogP contribution in [-0.4, -0.2) is 25.1 Å². The zero-order valence-electron chi connectivity index (χ0n) is 13.3. The summed E-state index contributed by atoms with van der Waals surface area (Å²) in [7, 11) is 1.55. The van der Waals surface area contributed by atoms with Crippen molar-refractivity contribution in [3.8, 4) is 5.75 Å². The Balaban J connectivity index is 1.94. The minimum Gasteiger partial charge on any atom is -0.497 e. The molecular formula is C18H19NO4. The minimum atomic E-state index is -0.897. The molecule has 1 atom stereocenters. The van der Waals surface area contributed by atoms with Gasteiger partial charge in [0.1, 0.15) is 5.75 Å². The molecule has 2 aromatic carbocycles. The molecule has 5 heteroatoms. The maximum absolute atomic E-state index is 12.1. The molecule has 0 unspecified atom stereocenters. The third-order valence-corrected chi connectivity index (χ3v) is 3.30. The van der Waals surface area contributed by atoms with E-state index in [2.05, 4.69) is 5.32 Å². The Bertz CT molecular complexity index is 677.